The fraction of sp³-hybridized carbons (Fsp3) is 0.625. The van der Waals surface area contributed by atoms with Gasteiger partial charge < -0.3 is 9.67 Å². The van der Waals surface area contributed by atoms with Crippen LogP contribution in [0.4, 0.5) is 4.39 Å². The summed E-state index contributed by atoms with van der Waals surface area (Å²) in [6, 6.07) is 7.08. The molecule has 0 aliphatic heterocycles. The first-order chi connectivity index (χ1) is 14.0. The predicted molar refractivity (Wildman–Crippen MR) is 118 cm³/mol. The van der Waals surface area contributed by atoms with Gasteiger partial charge in [-0.3, -0.25) is 0 Å². The van der Waals surface area contributed by atoms with Crippen molar-refractivity contribution in [3.05, 3.63) is 51.8 Å². The molecule has 0 atom stereocenters. The quantitative estimate of drug-likeness (QED) is 0.563. The van der Waals surface area contributed by atoms with Crippen LogP contribution in [0.25, 0.3) is 0 Å². The molecule has 0 unspecified atom stereocenters. The smallest absolute Gasteiger partial charge is 0.123 e. The molecule has 0 spiro atoms. The lowest BCUT2D eigenvalue weighted by Crippen LogP contribution is -2.17. The highest BCUT2D eigenvalue weighted by atomic mass is 79.9. The van der Waals surface area contributed by atoms with E-state index in [2.05, 4.69) is 27.4 Å². The minimum Gasteiger partial charge on any atom is -0.396 e. The minimum absolute atomic E-state index is 0.144. The van der Waals surface area contributed by atoms with Crippen molar-refractivity contribution in [2.45, 2.75) is 76.7 Å². The standard InChI is InChI=1S/C20H24BrFN2.C4H8O/c1-13-19(21)24(12-14-2-3-14)20(23-13)17-6-4-15(5-7-17)16-8-10-18(22)11-9-16;5-3-4-1-2-4/h8-11,14-15,17H,2-7,12H2,1H3;4-5H,1-3H2. The third-order valence-corrected chi connectivity index (χ3v) is 7.62. The fourth-order valence-corrected chi connectivity index (χ4v) is 4.75. The normalized spacial score (nSPS) is 24.1. The third-order valence-electron chi connectivity index (χ3n) is 6.62. The maximum atomic E-state index is 13.1. The van der Waals surface area contributed by atoms with Gasteiger partial charge in [-0.05, 0) is 110 Å². The van der Waals surface area contributed by atoms with Crippen LogP contribution in [0.5, 0.6) is 0 Å². The van der Waals surface area contributed by atoms with Crippen molar-refractivity contribution in [2.24, 2.45) is 11.8 Å². The van der Waals surface area contributed by atoms with Crippen molar-refractivity contribution in [1.82, 2.24) is 9.55 Å². The summed E-state index contributed by atoms with van der Waals surface area (Å²) in [6.07, 6.45) is 9.94. The first-order valence-corrected chi connectivity index (χ1v) is 11.9. The molecule has 1 aromatic heterocycles. The molecular formula is C24H32BrFN2O. The zero-order valence-electron chi connectivity index (χ0n) is 17.3. The van der Waals surface area contributed by atoms with Gasteiger partial charge in [-0.1, -0.05) is 12.1 Å². The Bertz CT molecular complexity index is 803. The molecule has 3 fully saturated rings. The highest BCUT2D eigenvalue weighted by Gasteiger charge is 2.30. The third kappa shape index (κ3) is 5.49. The van der Waals surface area contributed by atoms with Crippen LogP contribution in [-0.2, 0) is 6.54 Å². The summed E-state index contributed by atoms with van der Waals surface area (Å²) < 4.78 is 16.7. The number of nitrogens with zero attached hydrogens (tertiary/aromatic N) is 2. The molecule has 5 heteroatoms. The zero-order chi connectivity index (χ0) is 20.4. The lowest BCUT2D eigenvalue weighted by atomic mass is 9.78. The molecule has 1 N–H and O–H groups in total. The Labute approximate surface area is 181 Å². The molecular weight excluding hydrogens is 431 g/mol. The van der Waals surface area contributed by atoms with Crippen LogP contribution in [-0.4, -0.2) is 21.3 Å². The average molecular weight is 463 g/mol. The number of aryl methyl sites for hydroxylation is 1. The van der Waals surface area contributed by atoms with Gasteiger partial charge in [0.2, 0.25) is 0 Å². The summed E-state index contributed by atoms with van der Waals surface area (Å²) in [5.74, 6) is 3.81. The van der Waals surface area contributed by atoms with Crippen LogP contribution in [0.3, 0.4) is 0 Å². The molecule has 29 heavy (non-hydrogen) atoms. The van der Waals surface area contributed by atoms with E-state index in [1.807, 2.05) is 12.1 Å². The topological polar surface area (TPSA) is 38.0 Å². The van der Waals surface area contributed by atoms with Crippen LogP contribution < -0.4 is 0 Å². The highest BCUT2D eigenvalue weighted by Crippen LogP contribution is 2.42. The van der Waals surface area contributed by atoms with Crippen LogP contribution >= 0.6 is 15.9 Å². The van der Waals surface area contributed by atoms with Crippen molar-refractivity contribution in [3.8, 4) is 0 Å². The van der Waals surface area contributed by atoms with E-state index in [0.29, 0.717) is 24.4 Å². The molecule has 158 valence electrons. The van der Waals surface area contributed by atoms with E-state index in [1.54, 1.807) is 12.1 Å². The summed E-state index contributed by atoms with van der Waals surface area (Å²) in [6.45, 7) is 3.63. The van der Waals surface area contributed by atoms with Gasteiger partial charge >= 0.3 is 0 Å². The number of benzene rings is 1. The number of aliphatic hydroxyl groups excluding tert-OH is 1. The van der Waals surface area contributed by atoms with Gasteiger partial charge in [0.15, 0.2) is 0 Å². The van der Waals surface area contributed by atoms with E-state index >= 15 is 0 Å². The molecule has 2 aromatic rings. The largest absolute Gasteiger partial charge is 0.396 e. The number of aliphatic hydroxyl groups is 1. The van der Waals surface area contributed by atoms with Crippen molar-refractivity contribution < 1.29 is 9.50 Å². The van der Waals surface area contributed by atoms with Gasteiger partial charge in [0.05, 0.1) is 5.69 Å². The zero-order valence-corrected chi connectivity index (χ0v) is 18.9. The maximum Gasteiger partial charge on any atom is 0.123 e. The summed E-state index contributed by atoms with van der Waals surface area (Å²) in [7, 11) is 0. The molecule has 1 aromatic carbocycles. The highest BCUT2D eigenvalue weighted by molar-refractivity contribution is 9.10. The Morgan fingerprint density at radius 2 is 1.55 bits per heavy atom. The Kier molecular flexibility index (Phi) is 6.75. The van der Waals surface area contributed by atoms with Gasteiger partial charge in [0.1, 0.15) is 16.2 Å². The molecule has 3 aliphatic rings. The SMILES string of the molecule is Cc1nc(C2CCC(c3ccc(F)cc3)CC2)n(CC2CC2)c1Br.OCC1CC1. The lowest BCUT2D eigenvalue weighted by molar-refractivity contribution is 0.277. The molecule has 0 radical (unpaired) electrons. The molecule has 0 saturated heterocycles. The lowest BCUT2D eigenvalue weighted by Gasteiger charge is -2.29. The monoisotopic (exact) mass is 462 g/mol. The molecule has 0 amide bonds. The number of aromatic nitrogens is 2. The van der Waals surface area contributed by atoms with Gasteiger partial charge in [0.25, 0.3) is 0 Å². The van der Waals surface area contributed by atoms with Crippen molar-refractivity contribution in [1.29, 1.82) is 0 Å². The second-order valence-electron chi connectivity index (χ2n) is 9.13. The molecule has 3 saturated carbocycles. The number of hydrogen-bond donors (Lipinski definition) is 1. The Balaban J connectivity index is 0.000000359. The number of imidazole rings is 1. The van der Waals surface area contributed by atoms with E-state index in [4.69, 9.17) is 10.1 Å². The summed E-state index contributed by atoms with van der Waals surface area (Å²) in [5.41, 5.74) is 2.40. The number of hydrogen-bond acceptors (Lipinski definition) is 2. The second kappa shape index (κ2) is 9.30. The van der Waals surface area contributed by atoms with Crippen molar-refractivity contribution in [2.75, 3.05) is 6.61 Å². The van der Waals surface area contributed by atoms with Gasteiger partial charge in [0, 0.05) is 19.1 Å². The van der Waals surface area contributed by atoms with E-state index < -0.39 is 0 Å². The molecule has 5 rings (SSSR count). The molecule has 3 aliphatic carbocycles. The predicted octanol–water partition coefficient (Wildman–Crippen LogP) is 6.33. The van der Waals surface area contributed by atoms with Crippen LogP contribution in [0.1, 0.15) is 80.3 Å². The maximum absolute atomic E-state index is 13.1. The molecule has 0 bridgehead atoms. The molecule has 3 nitrogen and oxygen atoms in total. The van der Waals surface area contributed by atoms with E-state index in [-0.39, 0.29) is 5.82 Å². The van der Waals surface area contributed by atoms with Crippen molar-refractivity contribution >= 4 is 15.9 Å². The average Bonchev–Trinajstić information content (AvgIpc) is 3.66. The first-order valence-electron chi connectivity index (χ1n) is 11.1. The first kappa shape index (κ1) is 21.0. The van der Waals surface area contributed by atoms with Crippen LogP contribution in [0.2, 0.25) is 0 Å². The van der Waals surface area contributed by atoms with Gasteiger partial charge in [-0.15, -0.1) is 0 Å². The fourth-order valence-electron chi connectivity index (χ4n) is 4.34. The van der Waals surface area contributed by atoms with Crippen molar-refractivity contribution in [3.63, 3.8) is 0 Å². The Morgan fingerprint density at radius 1 is 0.966 bits per heavy atom. The molecule has 1 heterocycles. The van der Waals surface area contributed by atoms with E-state index in [9.17, 15) is 4.39 Å². The van der Waals surface area contributed by atoms with E-state index in [0.717, 1.165) is 18.2 Å². The number of halogens is 2. The van der Waals surface area contributed by atoms with Gasteiger partial charge in [-0.25, -0.2) is 9.37 Å². The van der Waals surface area contributed by atoms with Gasteiger partial charge in [-0.2, -0.15) is 0 Å². The van der Waals surface area contributed by atoms with E-state index in [1.165, 1.54) is 67.4 Å². The Hall–Kier alpha value is -1.20. The summed E-state index contributed by atoms with van der Waals surface area (Å²) >= 11 is 3.74. The Morgan fingerprint density at radius 3 is 2.07 bits per heavy atom. The summed E-state index contributed by atoms with van der Waals surface area (Å²) in [5, 5.41) is 8.21. The minimum atomic E-state index is -0.144. The second-order valence-corrected chi connectivity index (χ2v) is 9.88. The van der Waals surface area contributed by atoms with Crippen LogP contribution in [0.15, 0.2) is 28.9 Å². The summed E-state index contributed by atoms with van der Waals surface area (Å²) in [4.78, 5) is 4.89. The van der Waals surface area contributed by atoms with Crippen LogP contribution in [0, 0.1) is 24.6 Å². The number of rotatable bonds is 5.